The second kappa shape index (κ2) is 7.80. The van der Waals surface area contributed by atoms with Crippen LogP contribution in [0.5, 0.6) is 0 Å². The van der Waals surface area contributed by atoms with Crippen molar-refractivity contribution >= 4 is 28.3 Å². The number of hydrogen-bond donors (Lipinski definition) is 3. The average Bonchev–Trinajstić information content (AvgIpc) is 2.66. The third-order valence-electron chi connectivity index (χ3n) is 4.42. The van der Waals surface area contributed by atoms with Gasteiger partial charge in [-0.15, -0.1) is 0 Å². The number of nitrogens with two attached hydrogens (primary N) is 2. The number of benzene rings is 3. The van der Waals surface area contributed by atoms with E-state index >= 15 is 0 Å². The summed E-state index contributed by atoms with van der Waals surface area (Å²) in [6.07, 6.45) is 0. The summed E-state index contributed by atoms with van der Waals surface area (Å²) in [5.74, 6) is -0.580. The van der Waals surface area contributed by atoms with Crippen molar-refractivity contribution in [2.75, 3.05) is 11.9 Å². The Hall–Kier alpha value is -3.18. The number of amides is 2. The SMILES string of the molecule is C[C@H]([NH2+]CC(=O)Nc1ccc(C(N)=O)cc1)c1cccc2ccccc12. The zero-order chi connectivity index (χ0) is 18.5. The van der Waals surface area contributed by atoms with E-state index in [2.05, 4.69) is 36.5 Å². The van der Waals surface area contributed by atoms with E-state index in [4.69, 9.17) is 5.73 Å². The average molecular weight is 348 g/mol. The number of rotatable bonds is 6. The molecule has 0 spiro atoms. The molecule has 5 nitrogen and oxygen atoms in total. The highest BCUT2D eigenvalue weighted by Crippen LogP contribution is 2.22. The predicted octanol–water partition coefficient (Wildman–Crippen LogP) is 2.20. The highest BCUT2D eigenvalue weighted by molar-refractivity contribution is 5.95. The normalized spacial score (nSPS) is 11.9. The molecule has 3 rings (SSSR count). The standard InChI is InChI=1S/C21H21N3O2/c1-14(18-8-4-6-15-5-2-3-7-19(15)18)23-13-20(25)24-17-11-9-16(10-12-17)21(22)26/h2-12,14,23H,13H2,1H3,(H2,22,26)(H,24,25)/p+1/t14-/m0/s1. The van der Waals surface area contributed by atoms with Gasteiger partial charge in [0.05, 0.1) is 0 Å². The fourth-order valence-electron chi connectivity index (χ4n) is 2.99. The van der Waals surface area contributed by atoms with Gasteiger partial charge in [-0.1, -0.05) is 42.5 Å². The molecular weight excluding hydrogens is 326 g/mol. The van der Waals surface area contributed by atoms with Gasteiger partial charge in [-0.05, 0) is 42.0 Å². The van der Waals surface area contributed by atoms with E-state index in [0.717, 1.165) is 0 Å². The molecule has 0 saturated heterocycles. The van der Waals surface area contributed by atoms with Gasteiger partial charge in [0.15, 0.2) is 6.54 Å². The molecule has 3 aromatic rings. The number of quaternary nitrogens is 1. The number of fused-ring (bicyclic) bond motifs is 1. The minimum absolute atomic E-state index is 0.0936. The molecule has 5 N–H and O–H groups in total. The summed E-state index contributed by atoms with van der Waals surface area (Å²) in [4.78, 5) is 23.3. The molecule has 0 saturated carbocycles. The van der Waals surface area contributed by atoms with Crippen LogP contribution in [-0.4, -0.2) is 18.4 Å². The van der Waals surface area contributed by atoms with Gasteiger partial charge in [-0.25, -0.2) is 0 Å². The van der Waals surface area contributed by atoms with E-state index in [1.165, 1.54) is 16.3 Å². The van der Waals surface area contributed by atoms with Crippen molar-refractivity contribution in [3.8, 4) is 0 Å². The molecule has 2 amide bonds. The second-order valence-corrected chi connectivity index (χ2v) is 6.29. The van der Waals surface area contributed by atoms with Crippen molar-refractivity contribution in [1.82, 2.24) is 0 Å². The van der Waals surface area contributed by atoms with Crippen LogP contribution in [0.4, 0.5) is 5.69 Å². The van der Waals surface area contributed by atoms with Crippen LogP contribution in [0.1, 0.15) is 28.9 Å². The Morgan fingerprint density at radius 3 is 2.42 bits per heavy atom. The summed E-state index contributed by atoms with van der Waals surface area (Å²) in [5.41, 5.74) is 7.48. The number of anilines is 1. The third-order valence-corrected chi connectivity index (χ3v) is 4.42. The molecule has 26 heavy (non-hydrogen) atoms. The van der Waals surface area contributed by atoms with E-state index in [1.807, 2.05) is 23.5 Å². The van der Waals surface area contributed by atoms with Gasteiger partial charge in [0.2, 0.25) is 5.91 Å². The van der Waals surface area contributed by atoms with Crippen molar-refractivity contribution in [2.24, 2.45) is 5.73 Å². The Labute approximate surface area is 152 Å². The first-order chi connectivity index (χ1) is 12.5. The number of hydrogen-bond acceptors (Lipinski definition) is 2. The van der Waals surface area contributed by atoms with Crippen LogP contribution in [0.3, 0.4) is 0 Å². The second-order valence-electron chi connectivity index (χ2n) is 6.29. The van der Waals surface area contributed by atoms with Crippen molar-refractivity contribution in [1.29, 1.82) is 0 Å². The molecule has 1 atom stereocenters. The van der Waals surface area contributed by atoms with Crippen LogP contribution >= 0.6 is 0 Å². The first-order valence-corrected chi connectivity index (χ1v) is 8.55. The summed E-state index contributed by atoms with van der Waals surface area (Å²) in [5, 5.41) is 7.25. The van der Waals surface area contributed by atoms with Crippen LogP contribution in [0.15, 0.2) is 66.7 Å². The molecule has 0 unspecified atom stereocenters. The zero-order valence-corrected chi connectivity index (χ0v) is 14.6. The summed E-state index contributed by atoms with van der Waals surface area (Å²) in [6, 6.07) is 21.2. The predicted molar refractivity (Wildman–Crippen MR) is 103 cm³/mol. The van der Waals surface area contributed by atoms with Crippen LogP contribution in [0, 0.1) is 0 Å². The highest BCUT2D eigenvalue weighted by Gasteiger charge is 2.14. The molecule has 0 aliphatic carbocycles. The molecule has 5 heteroatoms. The van der Waals surface area contributed by atoms with E-state index in [9.17, 15) is 9.59 Å². The van der Waals surface area contributed by atoms with Crippen LogP contribution < -0.4 is 16.4 Å². The maximum Gasteiger partial charge on any atom is 0.279 e. The lowest BCUT2D eigenvalue weighted by atomic mass is 10.00. The smallest absolute Gasteiger partial charge is 0.279 e. The molecule has 0 aliphatic rings. The minimum atomic E-state index is -0.486. The molecule has 0 radical (unpaired) electrons. The van der Waals surface area contributed by atoms with E-state index in [0.29, 0.717) is 17.8 Å². The molecule has 3 aromatic carbocycles. The Bertz CT molecular complexity index is 930. The molecule has 0 fully saturated rings. The van der Waals surface area contributed by atoms with Crippen molar-refractivity contribution < 1.29 is 14.9 Å². The third kappa shape index (κ3) is 4.07. The maximum atomic E-state index is 12.2. The largest absolute Gasteiger partial charge is 0.366 e. The number of carbonyl (C=O) groups is 2. The van der Waals surface area contributed by atoms with Gasteiger partial charge in [-0.3, -0.25) is 9.59 Å². The van der Waals surface area contributed by atoms with Gasteiger partial charge in [0.1, 0.15) is 6.04 Å². The van der Waals surface area contributed by atoms with Gasteiger partial charge >= 0.3 is 0 Å². The zero-order valence-electron chi connectivity index (χ0n) is 14.6. The maximum absolute atomic E-state index is 12.2. The van der Waals surface area contributed by atoms with Crippen molar-refractivity contribution in [3.63, 3.8) is 0 Å². The summed E-state index contributed by atoms with van der Waals surface area (Å²) in [6.45, 7) is 2.40. The fourth-order valence-corrected chi connectivity index (χ4v) is 2.99. The molecule has 0 aliphatic heterocycles. The minimum Gasteiger partial charge on any atom is -0.366 e. The van der Waals surface area contributed by atoms with E-state index < -0.39 is 5.91 Å². The highest BCUT2D eigenvalue weighted by atomic mass is 16.2. The topological polar surface area (TPSA) is 88.8 Å². The van der Waals surface area contributed by atoms with E-state index in [-0.39, 0.29) is 11.9 Å². The monoisotopic (exact) mass is 348 g/mol. The Morgan fingerprint density at radius 2 is 1.69 bits per heavy atom. The Balaban J connectivity index is 1.61. The van der Waals surface area contributed by atoms with Crippen LogP contribution in [-0.2, 0) is 4.79 Å². The number of nitrogens with one attached hydrogen (secondary N) is 1. The first kappa shape index (κ1) is 17.6. The summed E-state index contributed by atoms with van der Waals surface area (Å²) < 4.78 is 0. The molecular formula is C21H22N3O2+. The lowest BCUT2D eigenvalue weighted by Gasteiger charge is -2.14. The van der Waals surface area contributed by atoms with Crippen molar-refractivity contribution in [2.45, 2.75) is 13.0 Å². The van der Waals surface area contributed by atoms with Gasteiger partial charge in [0, 0.05) is 16.8 Å². The van der Waals surface area contributed by atoms with Crippen LogP contribution in [0.2, 0.25) is 0 Å². The quantitative estimate of drug-likeness (QED) is 0.637. The number of primary amides is 1. The lowest BCUT2D eigenvalue weighted by molar-refractivity contribution is -0.682. The van der Waals surface area contributed by atoms with E-state index in [1.54, 1.807) is 24.3 Å². The van der Waals surface area contributed by atoms with Crippen molar-refractivity contribution in [3.05, 3.63) is 77.9 Å². The Morgan fingerprint density at radius 1 is 1.00 bits per heavy atom. The lowest BCUT2D eigenvalue weighted by Crippen LogP contribution is -2.86. The van der Waals surface area contributed by atoms with Gasteiger partial charge in [-0.2, -0.15) is 0 Å². The summed E-state index contributed by atoms with van der Waals surface area (Å²) >= 11 is 0. The number of carbonyl (C=O) groups excluding carboxylic acids is 2. The molecule has 0 aromatic heterocycles. The molecule has 132 valence electrons. The fraction of sp³-hybridized carbons (Fsp3) is 0.143. The summed E-state index contributed by atoms with van der Waals surface area (Å²) in [7, 11) is 0. The molecule has 0 heterocycles. The van der Waals surface area contributed by atoms with Gasteiger partial charge in [0.25, 0.3) is 5.91 Å². The Kier molecular flexibility index (Phi) is 5.29. The first-order valence-electron chi connectivity index (χ1n) is 8.55. The van der Waals surface area contributed by atoms with Crippen LogP contribution in [0.25, 0.3) is 10.8 Å². The van der Waals surface area contributed by atoms with Gasteiger partial charge < -0.3 is 16.4 Å². The molecule has 0 bridgehead atoms.